The molecule has 1 unspecified atom stereocenters. The van der Waals surface area contributed by atoms with E-state index in [-0.39, 0.29) is 5.82 Å². The highest BCUT2D eigenvalue weighted by Crippen LogP contribution is 2.14. The van der Waals surface area contributed by atoms with Crippen molar-refractivity contribution in [1.29, 1.82) is 0 Å². The number of nitrogens with zero attached hydrogens (tertiary/aromatic N) is 1. The molecule has 1 fully saturated rings. The maximum Gasteiger partial charge on any atom is 0.127 e. The fraction of sp³-hybridized carbons (Fsp3) is 0.571. The average molecular weight is 286 g/mol. The van der Waals surface area contributed by atoms with Crippen molar-refractivity contribution in [3.05, 3.63) is 34.6 Å². The molecule has 0 spiro atoms. The lowest BCUT2D eigenvalue weighted by Gasteiger charge is -2.33. The lowest BCUT2D eigenvalue weighted by molar-refractivity contribution is 0.189. The van der Waals surface area contributed by atoms with Gasteiger partial charge in [0.15, 0.2) is 0 Å². The third kappa shape index (κ3) is 4.42. The van der Waals surface area contributed by atoms with Crippen molar-refractivity contribution < 1.29 is 4.39 Å². The maximum atomic E-state index is 13.5. The number of benzene rings is 1. The van der Waals surface area contributed by atoms with Gasteiger partial charge in [0.2, 0.25) is 0 Å². The molecule has 2 rings (SSSR count). The Morgan fingerprint density at radius 2 is 2.37 bits per heavy atom. The average Bonchev–Trinajstić information content (AvgIpc) is 2.40. The molecule has 19 heavy (non-hydrogen) atoms. The zero-order valence-corrected chi connectivity index (χ0v) is 12.0. The standard InChI is InChI=1S/C14H21ClFN3/c1-19-7-6-18-10-13(19)4-5-17-9-11-8-12(15)2-3-14(11)16/h2-3,8,13,17-18H,4-7,9-10H2,1H3. The van der Waals surface area contributed by atoms with Crippen molar-refractivity contribution >= 4 is 11.6 Å². The van der Waals surface area contributed by atoms with E-state index in [1.165, 1.54) is 6.07 Å². The molecule has 106 valence electrons. The SMILES string of the molecule is CN1CCNCC1CCNCc1cc(Cl)ccc1F. The molecule has 5 heteroatoms. The Balaban J connectivity index is 1.73. The number of piperazine rings is 1. The predicted molar refractivity (Wildman–Crippen MR) is 77.0 cm³/mol. The third-order valence-corrected chi connectivity index (χ3v) is 3.86. The fourth-order valence-electron chi connectivity index (χ4n) is 2.36. The van der Waals surface area contributed by atoms with Gasteiger partial charge in [0.25, 0.3) is 0 Å². The third-order valence-electron chi connectivity index (χ3n) is 3.62. The summed E-state index contributed by atoms with van der Waals surface area (Å²) in [7, 11) is 2.15. The van der Waals surface area contributed by atoms with E-state index in [1.807, 2.05) is 0 Å². The summed E-state index contributed by atoms with van der Waals surface area (Å²) in [6.07, 6.45) is 1.06. The van der Waals surface area contributed by atoms with Crippen LogP contribution in [0.1, 0.15) is 12.0 Å². The smallest absolute Gasteiger partial charge is 0.127 e. The van der Waals surface area contributed by atoms with Crippen LogP contribution < -0.4 is 10.6 Å². The van der Waals surface area contributed by atoms with Gasteiger partial charge >= 0.3 is 0 Å². The van der Waals surface area contributed by atoms with Gasteiger partial charge in [-0.15, -0.1) is 0 Å². The topological polar surface area (TPSA) is 27.3 Å². The fourth-order valence-corrected chi connectivity index (χ4v) is 2.55. The van der Waals surface area contributed by atoms with Crippen LogP contribution in [0, 0.1) is 5.82 Å². The molecule has 1 aliphatic rings. The quantitative estimate of drug-likeness (QED) is 0.809. The lowest BCUT2D eigenvalue weighted by Crippen LogP contribution is -2.50. The molecule has 1 aromatic rings. The summed E-state index contributed by atoms with van der Waals surface area (Å²) in [5.41, 5.74) is 0.627. The molecule has 0 radical (unpaired) electrons. The lowest BCUT2D eigenvalue weighted by atomic mass is 10.1. The highest BCUT2D eigenvalue weighted by atomic mass is 35.5. The number of halogens is 2. The predicted octanol–water partition coefficient (Wildman–Crippen LogP) is 1.86. The second-order valence-corrected chi connectivity index (χ2v) is 5.48. The molecule has 0 saturated carbocycles. The summed E-state index contributed by atoms with van der Waals surface area (Å²) in [5, 5.41) is 7.26. The van der Waals surface area contributed by atoms with E-state index in [9.17, 15) is 4.39 Å². The van der Waals surface area contributed by atoms with Crippen LogP contribution in [-0.4, -0.2) is 44.2 Å². The molecule has 1 aliphatic heterocycles. The van der Waals surface area contributed by atoms with Gasteiger partial charge in [0, 0.05) is 42.8 Å². The normalized spacial score (nSPS) is 20.7. The summed E-state index contributed by atoms with van der Waals surface area (Å²) in [4.78, 5) is 2.37. The monoisotopic (exact) mass is 285 g/mol. The van der Waals surface area contributed by atoms with E-state index in [1.54, 1.807) is 12.1 Å². The number of likely N-dealkylation sites (N-methyl/N-ethyl adjacent to an activating group) is 1. The summed E-state index contributed by atoms with van der Waals surface area (Å²) in [5.74, 6) is -0.201. The first-order valence-electron chi connectivity index (χ1n) is 6.72. The molecule has 2 N–H and O–H groups in total. The number of nitrogens with one attached hydrogen (secondary N) is 2. The molecule has 0 bridgehead atoms. The molecule has 0 aromatic heterocycles. The zero-order chi connectivity index (χ0) is 13.7. The molecule has 1 heterocycles. The van der Waals surface area contributed by atoms with E-state index >= 15 is 0 Å². The minimum Gasteiger partial charge on any atom is -0.314 e. The highest BCUT2D eigenvalue weighted by Gasteiger charge is 2.17. The largest absolute Gasteiger partial charge is 0.314 e. The van der Waals surface area contributed by atoms with Crippen LogP contribution in [0.5, 0.6) is 0 Å². The molecule has 1 aromatic carbocycles. The van der Waals surface area contributed by atoms with Crippen LogP contribution in [0.15, 0.2) is 18.2 Å². The minimum atomic E-state index is -0.201. The second kappa shape index (κ2) is 7.20. The van der Waals surface area contributed by atoms with E-state index in [0.29, 0.717) is 23.2 Å². The molecule has 3 nitrogen and oxygen atoms in total. The number of hydrogen-bond donors (Lipinski definition) is 2. The van der Waals surface area contributed by atoms with Crippen LogP contribution >= 0.6 is 11.6 Å². The van der Waals surface area contributed by atoms with E-state index in [0.717, 1.165) is 32.6 Å². The van der Waals surface area contributed by atoms with Crippen molar-refractivity contribution in [3.8, 4) is 0 Å². The van der Waals surface area contributed by atoms with Gasteiger partial charge < -0.3 is 15.5 Å². The Hall–Kier alpha value is -0.680. The van der Waals surface area contributed by atoms with Gasteiger partial charge in [0.1, 0.15) is 5.82 Å². The second-order valence-electron chi connectivity index (χ2n) is 5.04. The molecule has 1 saturated heterocycles. The van der Waals surface area contributed by atoms with Gasteiger partial charge in [-0.3, -0.25) is 0 Å². The van der Waals surface area contributed by atoms with Crippen molar-refractivity contribution in [1.82, 2.24) is 15.5 Å². The van der Waals surface area contributed by atoms with Crippen molar-refractivity contribution in [2.75, 3.05) is 33.2 Å². The van der Waals surface area contributed by atoms with Crippen LogP contribution in [-0.2, 0) is 6.54 Å². The number of hydrogen-bond acceptors (Lipinski definition) is 3. The first-order chi connectivity index (χ1) is 9.16. The van der Waals surface area contributed by atoms with E-state index in [4.69, 9.17) is 11.6 Å². The first-order valence-corrected chi connectivity index (χ1v) is 7.10. The van der Waals surface area contributed by atoms with Crippen LogP contribution in [0.3, 0.4) is 0 Å². The summed E-state index contributed by atoms with van der Waals surface area (Å²) >= 11 is 5.86. The molecule has 0 amide bonds. The summed E-state index contributed by atoms with van der Waals surface area (Å²) in [6.45, 7) is 4.59. The van der Waals surface area contributed by atoms with Crippen molar-refractivity contribution in [2.45, 2.75) is 19.0 Å². The zero-order valence-electron chi connectivity index (χ0n) is 11.3. The Morgan fingerprint density at radius 1 is 1.53 bits per heavy atom. The van der Waals surface area contributed by atoms with Gasteiger partial charge in [-0.1, -0.05) is 11.6 Å². The summed E-state index contributed by atoms with van der Waals surface area (Å²) < 4.78 is 13.5. The van der Waals surface area contributed by atoms with Gasteiger partial charge in [0.05, 0.1) is 0 Å². The maximum absolute atomic E-state index is 13.5. The van der Waals surface area contributed by atoms with Crippen LogP contribution in [0.4, 0.5) is 4.39 Å². The molecular formula is C14H21ClFN3. The Kier molecular flexibility index (Phi) is 5.58. The minimum absolute atomic E-state index is 0.201. The number of rotatable bonds is 5. The van der Waals surface area contributed by atoms with Gasteiger partial charge in [-0.2, -0.15) is 0 Å². The summed E-state index contributed by atoms with van der Waals surface area (Å²) in [6, 6.07) is 5.23. The van der Waals surface area contributed by atoms with Crippen LogP contribution in [0.2, 0.25) is 5.02 Å². The Morgan fingerprint density at radius 3 is 3.16 bits per heavy atom. The van der Waals surface area contributed by atoms with E-state index in [2.05, 4.69) is 22.6 Å². The van der Waals surface area contributed by atoms with Crippen molar-refractivity contribution in [2.24, 2.45) is 0 Å². The van der Waals surface area contributed by atoms with E-state index < -0.39 is 0 Å². The molecule has 1 atom stereocenters. The van der Waals surface area contributed by atoms with Gasteiger partial charge in [-0.05, 0) is 38.2 Å². The van der Waals surface area contributed by atoms with Crippen molar-refractivity contribution in [3.63, 3.8) is 0 Å². The first kappa shape index (κ1) is 14.7. The molecule has 0 aliphatic carbocycles. The highest BCUT2D eigenvalue weighted by molar-refractivity contribution is 6.30. The Bertz CT molecular complexity index is 414. The van der Waals surface area contributed by atoms with Gasteiger partial charge in [-0.25, -0.2) is 4.39 Å². The Labute approximate surface area is 119 Å². The van der Waals surface area contributed by atoms with Crippen LogP contribution in [0.25, 0.3) is 0 Å². The molecular weight excluding hydrogens is 265 g/mol.